The van der Waals surface area contributed by atoms with Gasteiger partial charge in [-0.3, -0.25) is 0 Å². The number of ether oxygens (including phenoxy) is 5. The van der Waals surface area contributed by atoms with E-state index in [-0.39, 0.29) is 32.0 Å². The van der Waals surface area contributed by atoms with E-state index in [0.29, 0.717) is 22.8 Å². The maximum atomic E-state index is 12.7. The molecule has 0 aliphatic carbocycles. The Kier molecular flexibility index (Phi) is 11.2. The van der Waals surface area contributed by atoms with Crippen molar-refractivity contribution in [1.82, 2.24) is 0 Å². The highest BCUT2D eigenvalue weighted by Gasteiger charge is 2.13. The molecule has 214 valence electrons. The zero-order valence-electron chi connectivity index (χ0n) is 23.0. The second-order valence-electron chi connectivity index (χ2n) is 8.98. The minimum absolute atomic E-state index is 0.0955. The van der Waals surface area contributed by atoms with Gasteiger partial charge in [0.25, 0.3) is 0 Å². The van der Waals surface area contributed by atoms with Gasteiger partial charge in [0.15, 0.2) is 0 Å². The Labute approximate surface area is 238 Å². The molecule has 1 atom stereocenters. The van der Waals surface area contributed by atoms with Gasteiger partial charge in [-0.2, -0.15) is 0 Å². The fourth-order valence-corrected chi connectivity index (χ4v) is 3.43. The molecule has 0 heterocycles. The lowest BCUT2D eigenvalue weighted by molar-refractivity contribution is -0.142. The van der Waals surface area contributed by atoms with E-state index < -0.39 is 24.0 Å². The van der Waals surface area contributed by atoms with Crippen molar-refractivity contribution >= 4 is 17.9 Å². The molecule has 9 nitrogen and oxygen atoms in total. The van der Waals surface area contributed by atoms with Crippen LogP contribution in [0.2, 0.25) is 0 Å². The number of aliphatic hydroxyl groups is 1. The molecule has 9 heteroatoms. The molecular weight excluding hydrogens is 528 g/mol. The molecule has 0 spiro atoms. The first-order valence-electron chi connectivity index (χ1n) is 12.7. The molecule has 0 aromatic heterocycles. The van der Waals surface area contributed by atoms with Crippen molar-refractivity contribution in [2.24, 2.45) is 0 Å². The minimum Gasteiger partial charge on any atom is -0.491 e. The Morgan fingerprint density at radius 1 is 0.854 bits per heavy atom. The summed E-state index contributed by atoms with van der Waals surface area (Å²) in [5.41, 5.74) is 3.23. The van der Waals surface area contributed by atoms with Crippen LogP contribution >= 0.6 is 0 Å². The van der Waals surface area contributed by atoms with Crippen LogP contribution in [0, 0.1) is 6.92 Å². The molecule has 0 aliphatic heterocycles. The number of esters is 3. The molecule has 0 fully saturated rings. The smallest absolute Gasteiger partial charge is 0.343 e. The quantitative estimate of drug-likeness (QED) is 0.128. The first-order valence-corrected chi connectivity index (χ1v) is 12.7. The summed E-state index contributed by atoms with van der Waals surface area (Å²) in [6.07, 6.45) is 0.0866. The lowest BCUT2D eigenvalue weighted by Gasteiger charge is -2.13. The maximum absolute atomic E-state index is 12.7. The van der Waals surface area contributed by atoms with Crippen molar-refractivity contribution in [2.45, 2.75) is 20.0 Å². The van der Waals surface area contributed by atoms with E-state index in [2.05, 4.69) is 13.2 Å². The normalized spacial score (nSPS) is 11.1. The highest BCUT2D eigenvalue weighted by atomic mass is 16.6. The van der Waals surface area contributed by atoms with Crippen molar-refractivity contribution in [3.8, 4) is 28.4 Å². The van der Waals surface area contributed by atoms with Gasteiger partial charge in [-0.1, -0.05) is 31.4 Å². The number of carbonyl (C=O) groups is 3. The summed E-state index contributed by atoms with van der Waals surface area (Å²) < 4.78 is 26.4. The average molecular weight is 561 g/mol. The molecule has 0 amide bonds. The third-order valence-corrected chi connectivity index (χ3v) is 5.62. The zero-order chi connectivity index (χ0) is 29.8. The van der Waals surface area contributed by atoms with Gasteiger partial charge >= 0.3 is 17.9 Å². The predicted molar refractivity (Wildman–Crippen MR) is 152 cm³/mol. The molecule has 1 unspecified atom stereocenters. The van der Waals surface area contributed by atoms with Crippen LogP contribution in [0.15, 0.2) is 91.5 Å². The van der Waals surface area contributed by atoms with E-state index in [4.69, 9.17) is 23.7 Å². The Morgan fingerprint density at radius 2 is 1.49 bits per heavy atom. The number of hydrogen-bond donors (Lipinski definition) is 1. The summed E-state index contributed by atoms with van der Waals surface area (Å²) in [6.45, 7) is 10.2. The Balaban J connectivity index is 1.50. The molecule has 1 N–H and O–H groups in total. The van der Waals surface area contributed by atoms with Crippen LogP contribution in [0.25, 0.3) is 11.1 Å². The largest absolute Gasteiger partial charge is 0.491 e. The highest BCUT2D eigenvalue weighted by molar-refractivity contribution is 5.91. The first-order chi connectivity index (χ1) is 19.7. The number of aliphatic hydroxyl groups excluding tert-OH is 1. The molecular formula is C32H32O9. The Bertz CT molecular complexity index is 1380. The number of benzene rings is 3. The van der Waals surface area contributed by atoms with Gasteiger partial charge in [0, 0.05) is 11.6 Å². The van der Waals surface area contributed by atoms with E-state index >= 15 is 0 Å². The van der Waals surface area contributed by atoms with E-state index in [1.807, 2.05) is 43.3 Å². The van der Waals surface area contributed by atoms with Crippen LogP contribution in [-0.2, 0) is 19.1 Å². The van der Waals surface area contributed by atoms with Gasteiger partial charge in [-0.15, -0.1) is 0 Å². The third kappa shape index (κ3) is 9.66. The first kappa shape index (κ1) is 30.6. The molecule has 41 heavy (non-hydrogen) atoms. The van der Waals surface area contributed by atoms with Crippen LogP contribution in [0.1, 0.15) is 22.8 Å². The van der Waals surface area contributed by atoms with Crippen molar-refractivity contribution in [3.63, 3.8) is 0 Å². The van der Waals surface area contributed by atoms with Gasteiger partial charge in [-0.25, -0.2) is 14.4 Å². The second-order valence-corrected chi connectivity index (χ2v) is 8.98. The lowest BCUT2D eigenvalue weighted by Crippen LogP contribution is -2.25. The van der Waals surface area contributed by atoms with Crippen LogP contribution in [0.5, 0.6) is 17.2 Å². The summed E-state index contributed by atoms with van der Waals surface area (Å²) in [5.74, 6) is -0.104. The minimum atomic E-state index is -1.01. The van der Waals surface area contributed by atoms with Crippen molar-refractivity contribution in [1.29, 1.82) is 0 Å². The SMILES string of the molecule is C=CC(=O)OCCOc1ccc(-c2ccc(OC(=O)c3ccc(OCC(O)COC(=O)C(=C)C)cc3)c(C)c2)cc1. The van der Waals surface area contributed by atoms with Crippen LogP contribution in [-0.4, -0.2) is 55.5 Å². The monoisotopic (exact) mass is 560 g/mol. The molecule has 0 bridgehead atoms. The summed E-state index contributed by atoms with van der Waals surface area (Å²) in [7, 11) is 0. The lowest BCUT2D eigenvalue weighted by atomic mass is 10.0. The van der Waals surface area contributed by atoms with Crippen LogP contribution in [0.4, 0.5) is 0 Å². The van der Waals surface area contributed by atoms with Gasteiger partial charge in [0.2, 0.25) is 0 Å². The molecule has 0 radical (unpaired) electrons. The van der Waals surface area contributed by atoms with E-state index in [9.17, 15) is 19.5 Å². The number of rotatable bonds is 14. The van der Waals surface area contributed by atoms with Crippen molar-refractivity contribution in [2.75, 3.05) is 26.4 Å². The van der Waals surface area contributed by atoms with E-state index in [0.717, 1.165) is 22.8 Å². The number of carbonyl (C=O) groups excluding carboxylic acids is 3. The van der Waals surface area contributed by atoms with Gasteiger partial charge < -0.3 is 28.8 Å². The predicted octanol–water partition coefficient (Wildman–Crippen LogP) is 4.85. The highest BCUT2D eigenvalue weighted by Crippen LogP contribution is 2.28. The molecule has 3 aromatic carbocycles. The molecule has 0 saturated heterocycles. The topological polar surface area (TPSA) is 118 Å². The van der Waals surface area contributed by atoms with Gasteiger partial charge in [0.05, 0.1) is 5.56 Å². The Hall–Kier alpha value is -4.89. The zero-order valence-corrected chi connectivity index (χ0v) is 23.0. The summed E-state index contributed by atoms with van der Waals surface area (Å²) in [6, 6.07) is 19.2. The fraction of sp³-hybridized carbons (Fsp3) is 0.219. The van der Waals surface area contributed by atoms with Crippen LogP contribution < -0.4 is 14.2 Å². The number of aryl methyl sites for hydroxylation is 1. The second kappa shape index (κ2) is 15.0. The summed E-state index contributed by atoms with van der Waals surface area (Å²) in [4.78, 5) is 35.1. The van der Waals surface area contributed by atoms with Gasteiger partial charge in [0.1, 0.15) is 49.8 Å². The van der Waals surface area contributed by atoms with Crippen molar-refractivity contribution < 1.29 is 43.2 Å². The fourth-order valence-electron chi connectivity index (χ4n) is 3.43. The molecule has 3 rings (SSSR count). The molecule has 0 aliphatic rings. The summed E-state index contributed by atoms with van der Waals surface area (Å²) >= 11 is 0. The number of hydrogen-bond acceptors (Lipinski definition) is 9. The average Bonchev–Trinajstić information content (AvgIpc) is 2.98. The van der Waals surface area contributed by atoms with Gasteiger partial charge in [-0.05, 0) is 79.1 Å². The van der Waals surface area contributed by atoms with Crippen LogP contribution in [0.3, 0.4) is 0 Å². The maximum Gasteiger partial charge on any atom is 0.343 e. The molecule has 3 aromatic rings. The summed E-state index contributed by atoms with van der Waals surface area (Å²) in [5, 5.41) is 9.91. The molecule has 0 saturated carbocycles. The third-order valence-electron chi connectivity index (χ3n) is 5.62. The standard InChI is InChI=1S/C32H32O9/c1-5-30(34)38-17-16-37-27-11-6-23(7-12-27)25-10-15-29(22(4)18-25)41-32(36)24-8-13-28(14-9-24)39-19-26(33)20-40-31(35)21(2)3/h5-15,18,26,33H,1-2,16-17,19-20H2,3-4H3. The van der Waals surface area contributed by atoms with Crippen molar-refractivity contribution in [3.05, 3.63) is 103 Å². The van der Waals surface area contributed by atoms with E-state index in [1.54, 1.807) is 30.3 Å². The van der Waals surface area contributed by atoms with E-state index in [1.165, 1.54) is 6.92 Å². The Morgan fingerprint density at radius 3 is 2.12 bits per heavy atom.